The molecule has 0 bridgehead atoms. The lowest BCUT2D eigenvalue weighted by molar-refractivity contribution is -0.123. The highest BCUT2D eigenvalue weighted by Gasteiger charge is 2.28. The summed E-state index contributed by atoms with van der Waals surface area (Å²) in [5.41, 5.74) is 3.49. The summed E-state index contributed by atoms with van der Waals surface area (Å²) in [4.78, 5) is 14.1. The average molecular weight is 425 g/mol. The minimum atomic E-state index is 0.114. The van der Waals surface area contributed by atoms with Crippen molar-refractivity contribution in [2.24, 2.45) is 0 Å². The summed E-state index contributed by atoms with van der Waals surface area (Å²) in [7, 11) is 3.28. The second-order valence-corrected chi connectivity index (χ2v) is 6.85. The van der Waals surface area contributed by atoms with Crippen molar-refractivity contribution in [2.75, 3.05) is 20.8 Å². The molecular formula is C18H20INO3. The van der Waals surface area contributed by atoms with Crippen molar-refractivity contribution in [1.82, 2.24) is 4.90 Å². The normalized spacial score (nSPS) is 16.8. The molecule has 1 aromatic rings. The third-order valence-corrected chi connectivity index (χ3v) is 5.33. The number of carbonyl (C=O) groups excluding carboxylic acids is 1. The minimum Gasteiger partial charge on any atom is -0.493 e. The molecule has 0 spiro atoms. The first kappa shape index (κ1) is 16.4. The van der Waals surface area contributed by atoms with E-state index in [1.807, 2.05) is 17.0 Å². The summed E-state index contributed by atoms with van der Waals surface area (Å²) >= 11 is 2.30. The molecule has 0 atom stereocenters. The number of rotatable bonds is 5. The van der Waals surface area contributed by atoms with Gasteiger partial charge < -0.3 is 14.4 Å². The Morgan fingerprint density at radius 1 is 1.22 bits per heavy atom. The first-order chi connectivity index (χ1) is 11.1. The van der Waals surface area contributed by atoms with E-state index >= 15 is 0 Å². The molecule has 0 N–H and O–H groups in total. The number of amides is 1. The number of carbonyl (C=O) groups is 1. The van der Waals surface area contributed by atoms with Crippen molar-refractivity contribution >= 4 is 28.5 Å². The highest BCUT2D eigenvalue weighted by atomic mass is 127. The number of halogens is 1. The standard InChI is InChI=1S/C18H20INO3/c1-22-16-9-12(14(19)11-17(16)23-2)7-8-20-15-6-4-3-5-13(15)10-18(20)21/h6,9-11H,3-5,7-8H2,1-2H3. The van der Waals surface area contributed by atoms with Gasteiger partial charge in [0.2, 0.25) is 0 Å². The van der Waals surface area contributed by atoms with Crippen LogP contribution in [0.25, 0.3) is 0 Å². The molecule has 122 valence electrons. The first-order valence-electron chi connectivity index (χ1n) is 7.77. The van der Waals surface area contributed by atoms with Crippen LogP contribution in [0.4, 0.5) is 0 Å². The quantitative estimate of drug-likeness (QED) is 0.676. The predicted octanol–water partition coefficient (Wildman–Crippen LogP) is 3.69. The highest BCUT2D eigenvalue weighted by molar-refractivity contribution is 14.1. The van der Waals surface area contributed by atoms with Crippen LogP contribution in [0.15, 0.2) is 35.6 Å². The fourth-order valence-corrected chi connectivity index (χ4v) is 3.82. The molecular weight excluding hydrogens is 405 g/mol. The maximum Gasteiger partial charge on any atom is 0.251 e. The number of benzene rings is 1. The summed E-state index contributed by atoms with van der Waals surface area (Å²) in [6, 6.07) is 3.98. The second-order valence-electron chi connectivity index (χ2n) is 5.69. The van der Waals surface area contributed by atoms with Gasteiger partial charge in [0.15, 0.2) is 11.5 Å². The molecule has 23 heavy (non-hydrogen) atoms. The number of hydrogen-bond donors (Lipinski definition) is 0. The van der Waals surface area contributed by atoms with Gasteiger partial charge in [0.1, 0.15) is 0 Å². The average Bonchev–Trinajstić information content (AvgIpc) is 2.88. The highest BCUT2D eigenvalue weighted by Crippen LogP contribution is 2.34. The van der Waals surface area contributed by atoms with Crippen LogP contribution in [0.5, 0.6) is 11.5 Å². The van der Waals surface area contributed by atoms with E-state index in [1.54, 1.807) is 20.3 Å². The maximum absolute atomic E-state index is 12.2. The summed E-state index contributed by atoms with van der Waals surface area (Å²) < 4.78 is 11.8. The first-order valence-corrected chi connectivity index (χ1v) is 8.85. The molecule has 4 nitrogen and oxygen atoms in total. The van der Waals surface area contributed by atoms with Gasteiger partial charge in [0.05, 0.1) is 14.2 Å². The third-order valence-electron chi connectivity index (χ3n) is 4.33. The Bertz CT molecular complexity index is 694. The summed E-state index contributed by atoms with van der Waals surface area (Å²) in [5, 5.41) is 0. The van der Waals surface area contributed by atoms with Crippen molar-refractivity contribution in [3.8, 4) is 11.5 Å². The summed E-state index contributed by atoms with van der Waals surface area (Å²) in [6.45, 7) is 0.691. The lowest BCUT2D eigenvalue weighted by Crippen LogP contribution is -2.27. The van der Waals surface area contributed by atoms with E-state index in [0.29, 0.717) is 6.54 Å². The Hall–Kier alpha value is -1.50. The van der Waals surface area contributed by atoms with E-state index in [9.17, 15) is 4.79 Å². The summed E-state index contributed by atoms with van der Waals surface area (Å²) in [5.74, 6) is 1.58. The van der Waals surface area contributed by atoms with Crippen molar-refractivity contribution < 1.29 is 14.3 Å². The Labute approximate surface area is 150 Å². The predicted molar refractivity (Wildman–Crippen MR) is 97.7 cm³/mol. The van der Waals surface area contributed by atoms with Gasteiger partial charge in [-0.3, -0.25) is 4.79 Å². The SMILES string of the molecule is COc1cc(I)c(CCN2C(=O)C=C3CCCC=C32)cc1OC. The molecule has 0 aromatic heterocycles. The summed E-state index contributed by atoms with van der Waals surface area (Å²) in [6.07, 6.45) is 8.00. The third kappa shape index (κ3) is 3.24. The maximum atomic E-state index is 12.2. The molecule has 0 saturated carbocycles. The molecule has 3 rings (SSSR count). The molecule has 1 aromatic carbocycles. The Morgan fingerprint density at radius 2 is 1.96 bits per heavy atom. The lowest BCUT2D eigenvalue weighted by Gasteiger charge is -2.23. The van der Waals surface area contributed by atoms with Gasteiger partial charge in [-0.15, -0.1) is 0 Å². The van der Waals surface area contributed by atoms with Gasteiger partial charge in [-0.05, 0) is 71.5 Å². The molecule has 5 heteroatoms. The van der Waals surface area contributed by atoms with E-state index in [1.165, 1.54) is 11.1 Å². The van der Waals surface area contributed by atoms with E-state index in [2.05, 4.69) is 28.7 Å². The number of nitrogens with zero attached hydrogens (tertiary/aromatic N) is 1. The van der Waals surface area contributed by atoms with E-state index in [0.717, 1.165) is 46.4 Å². The van der Waals surface area contributed by atoms with Crippen LogP contribution >= 0.6 is 22.6 Å². The van der Waals surface area contributed by atoms with Crippen molar-refractivity contribution in [2.45, 2.75) is 25.7 Å². The molecule has 2 aliphatic rings. The van der Waals surface area contributed by atoms with Crippen LogP contribution in [0.1, 0.15) is 24.8 Å². The van der Waals surface area contributed by atoms with Crippen LogP contribution in [0.2, 0.25) is 0 Å². The number of hydrogen-bond acceptors (Lipinski definition) is 3. The second kappa shape index (κ2) is 6.95. The minimum absolute atomic E-state index is 0.114. The Morgan fingerprint density at radius 3 is 2.70 bits per heavy atom. The zero-order valence-corrected chi connectivity index (χ0v) is 15.6. The topological polar surface area (TPSA) is 38.8 Å². The smallest absolute Gasteiger partial charge is 0.251 e. The van der Waals surface area contributed by atoms with Crippen molar-refractivity contribution in [3.63, 3.8) is 0 Å². The van der Waals surface area contributed by atoms with E-state index in [4.69, 9.17) is 9.47 Å². The van der Waals surface area contributed by atoms with Gasteiger partial charge in [0.25, 0.3) is 5.91 Å². The van der Waals surface area contributed by atoms with Gasteiger partial charge in [-0.1, -0.05) is 6.08 Å². The van der Waals surface area contributed by atoms with Crippen LogP contribution < -0.4 is 9.47 Å². The van der Waals surface area contributed by atoms with Crippen molar-refractivity contribution in [3.05, 3.63) is 44.7 Å². The Balaban J connectivity index is 1.76. The number of methoxy groups -OCH3 is 2. The van der Waals surface area contributed by atoms with Crippen molar-refractivity contribution in [1.29, 1.82) is 0 Å². The zero-order chi connectivity index (χ0) is 16.4. The monoisotopic (exact) mass is 425 g/mol. The van der Waals surface area contributed by atoms with Gasteiger partial charge in [0, 0.05) is 21.9 Å². The van der Waals surface area contributed by atoms with E-state index in [-0.39, 0.29) is 5.91 Å². The molecule has 0 saturated heterocycles. The molecule has 0 fully saturated rings. The fourth-order valence-electron chi connectivity index (χ4n) is 3.12. The van der Waals surface area contributed by atoms with Crippen LogP contribution in [0.3, 0.4) is 0 Å². The van der Waals surface area contributed by atoms with Crippen LogP contribution in [-0.4, -0.2) is 31.6 Å². The number of fused-ring (bicyclic) bond motifs is 1. The van der Waals surface area contributed by atoms with Crippen LogP contribution in [-0.2, 0) is 11.2 Å². The Kier molecular flexibility index (Phi) is 4.94. The molecule has 1 aliphatic carbocycles. The molecule has 0 radical (unpaired) electrons. The zero-order valence-electron chi connectivity index (χ0n) is 13.4. The molecule has 1 aliphatic heterocycles. The van der Waals surface area contributed by atoms with Gasteiger partial charge in [-0.2, -0.15) is 0 Å². The lowest BCUT2D eigenvalue weighted by atomic mass is 10.00. The van der Waals surface area contributed by atoms with Gasteiger partial charge >= 0.3 is 0 Å². The number of ether oxygens (including phenoxy) is 2. The number of allylic oxidation sites excluding steroid dienone is 2. The molecule has 0 unspecified atom stereocenters. The van der Waals surface area contributed by atoms with E-state index < -0.39 is 0 Å². The largest absolute Gasteiger partial charge is 0.493 e. The molecule has 1 amide bonds. The fraction of sp³-hybridized carbons (Fsp3) is 0.389. The van der Waals surface area contributed by atoms with Gasteiger partial charge in [-0.25, -0.2) is 0 Å². The van der Waals surface area contributed by atoms with Crippen LogP contribution in [0, 0.1) is 3.57 Å². The molecule has 1 heterocycles.